The fourth-order valence-electron chi connectivity index (χ4n) is 3.34. The van der Waals surface area contributed by atoms with Gasteiger partial charge in [-0.2, -0.15) is 0 Å². The Bertz CT molecular complexity index is 633. The topological polar surface area (TPSA) is 12.5 Å². The first-order chi connectivity index (χ1) is 11.1. The smallest absolute Gasteiger partial charge is 0.125 e. The van der Waals surface area contributed by atoms with E-state index in [0.29, 0.717) is 0 Å². The Morgan fingerprint density at radius 2 is 1.70 bits per heavy atom. The van der Waals surface area contributed by atoms with Crippen LogP contribution in [0.5, 0.6) is 0 Å². The minimum atomic E-state index is -0.171. The summed E-state index contributed by atoms with van der Waals surface area (Å²) in [5.41, 5.74) is 3.53. The predicted octanol–water partition coefficient (Wildman–Crippen LogP) is 4.22. The highest BCUT2D eigenvalue weighted by Crippen LogP contribution is 2.27. The van der Waals surface area contributed by atoms with E-state index in [4.69, 9.17) is 4.74 Å². The van der Waals surface area contributed by atoms with Crippen molar-refractivity contribution in [1.82, 2.24) is 0 Å². The van der Waals surface area contributed by atoms with Crippen LogP contribution in [0.25, 0.3) is 0 Å². The van der Waals surface area contributed by atoms with E-state index < -0.39 is 0 Å². The van der Waals surface area contributed by atoms with E-state index in [1.807, 2.05) is 12.1 Å². The molecule has 0 N–H and O–H groups in total. The number of hydrogen-bond acceptors (Lipinski definition) is 2. The number of ether oxygens (including phenoxy) is 1. The number of benzene rings is 2. The van der Waals surface area contributed by atoms with E-state index >= 15 is 0 Å². The van der Waals surface area contributed by atoms with Gasteiger partial charge in [-0.15, -0.1) is 0 Å². The van der Waals surface area contributed by atoms with E-state index in [9.17, 15) is 4.39 Å². The van der Waals surface area contributed by atoms with Gasteiger partial charge >= 0.3 is 0 Å². The zero-order valence-electron chi connectivity index (χ0n) is 13.8. The van der Waals surface area contributed by atoms with Gasteiger partial charge in [0.05, 0.1) is 12.2 Å². The van der Waals surface area contributed by atoms with Gasteiger partial charge in [-0.3, -0.25) is 0 Å². The molecule has 0 unspecified atom stereocenters. The number of rotatable bonds is 4. The lowest BCUT2D eigenvalue weighted by atomic mass is 10.0. The zero-order valence-corrected chi connectivity index (χ0v) is 13.8. The van der Waals surface area contributed by atoms with E-state index in [-0.39, 0.29) is 18.0 Å². The number of morpholine rings is 1. The van der Waals surface area contributed by atoms with Gasteiger partial charge in [-0.1, -0.05) is 36.4 Å². The molecular weight excluding hydrogens is 289 g/mol. The molecule has 0 saturated carbocycles. The molecule has 0 aromatic heterocycles. The van der Waals surface area contributed by atoms with E-state index in [0.717, 1.165) is 31.6 Å². The van der Waals surface area contributed by atoms with Crippen LogP contribution >= 0.6 is 0 Å². The third-order valence-corrected chi connectivity index (χ3v) is 4.33. The summed E-state index contributed by atoms with van der Waals surface area (Å²) in [7, 11) is 0. The normalized spacial score (nSPS) is 21.4. The van der Waals surface area contributed by atoms with Gasteiger partial charge in [0, 0.05) is 18.8 Å². The molecule has 1 aliphatic heterocycles. The van der Waals surface area contributed by atoms with Crippen molar-refractivity contribution in [3.63, 3.8) is 0 Å². The average Bonchev–Trinajstić information content (AvgIpc) is 2.54. The van der Waals surface area contributed by atoms with Crippen LogP contribution < -0.4 is 4.90 Å². The highest BCUT2D eigenvalue weighted by atomic mass is 19.1. The molecule has 122 valence electrons. The number of halogens is 1. The van der Waals surface area contributed by atoms with Gasteiger partial charge in [-0.05, 0) is 49.9 Å². The van der Waals surface area contributed by atoms with Crippen molar-refractivity contribution >= 4 is 5.69 Å². The second-order valence-corrected chi connectivity index (χ2v) is 6.42. The molecule has 1 aliphatic rings. The zero-order chi connectivity index (χ0) is 16.2. The SMILES string of the molecule is C[C@@H]1CN(c2cc(F)ccc2CCc2ccccc2)C[C@H](C)O1. The summed E-state index contributed by atoms with van der Waals surface area (Å²) in [6, 6.07) is 15.6. The fraction of sp³-hybridized carbons (Fsp3) is 0.400. The monoisotopic (exact) mass is 313 g/mol. The van der Waals surface area contributed by atoms with Gasteiger partial charge in [0.15, 0.2) is 0 Å². The molecule has 2 aromatic carbocycles. The van der Waals surface area contributed by atoms with Gasteiger partial charge in [-0.25, -0.2) is 4.39 Å². The van der Waals surface area contributed by atoms with Crippen LogP contribution in [0.4, 0.5) is 10.1 Å². The summed E-state index contributed by atoms with van der Waals surface area (Å²) < 4.78 is 19.6. The Hall–Kier alpha value is -1.87. The maximum absolute atomic E-state index is 13.8. The molecule has 0 aliphatic carbocycles. The van der Waals surface area contributed by atoms with Crippen LogP contribution in [0, 0.1) is 5.82 Å². The molecule has 2 aromatic rings. The summed E-state index contributed by atoms with van der Waals surface area (Å²) in [5, 5.41) is 0. The van der Waals surface area contributed by atoms with Gasteiger partial charge < -0.3 is 9.64 Å². The predicted molar refractivity (Wildman–Crippen MR) is 92.5 cm³/mol. The lowest BCUT2D eigenvalue weighted by molar-refractivity contribution is -0.00527. The molecule has 0 bridgehead atoms. The molecule has 1 fully saturated rings. The number of anilines is 1. The summed E-state index contributed by atoms with van der Waals surface area (Å²) >= 11 is 0. The third-order valence-electron chi connectivity index (χ3n) is 4.33. The second-order valence-electron chi connectivity index (χ2n) is 6.42. The quantitative estimate of drug-likeness (QED) is 0.838. The molecule has 2 atom stereocenters. The Kier molecular flexibility index (Phi) is 4.97. The van der Waals surface area contributed by atoms with Crippen molar-refractivity contribution in [2.24, 2.45) is 0 Å². The Morgan fingerprint density at radius 3 is 2.39 bits per heavy atom. The first-order valence-corrected chi connectivity index (χ1v) is 8.34. The van der Waals surface area contributed by atoms with Crippen LogP contribution in [-0.2, 0) is 17.6 Å². The largest absolute Gasteiger partial charge is 0.372 e. The first-order valence-electron chi connectivity index (χ1n) is 8.34. The summed E-state index contributed by atoms with van der Waals surface area (Å²) in [6.07, 6.45) is 2.22. The fourth-order valence-corrected chi connectivity index (χ4v) is 3.34. The Morgan fingerprint density at radius 1 is 1.00 bits per heavy atom. The van der Waals surface area contributed by atoms with Crippen molar-refractivity contribution < 1.29 is 9.13 Å². The maximum Gasteiger partial charge on any atom is 0.125 e. The maximum atomic E-state index is 13.8. The Balaban J connectivity index is 1.80. The number of nitrogens with zero attached hydrogens (tertiary/aromatic N) is 1. The highest BCUT2D eigenvalue weighted by Gasteiger charge is 2.24. The van der Waals surface area contributed by atoms with Crippen molar-refractivity contribution in [2.45, 2.75) is 38.9 Å². The highest BCUT2D eigenvalue weighted by molar-refractivity contribution is 5.55. The van der Waals surface area contributed by atoms with Crippen molar-refractivity contribution in [1.29, 1.82) is 0 Å². The van der Waals surface area contributed by atoms with Gasteiger partial charge in [0.1, 0.15) is 5.82 Å². The van der Waals surface area contributed by atoms with Crippen LogP contribution in [0.15, 0.2) is 48.5 Å². The van der Waals surface area contributed by atoms with Crippen LogP contribution in [-0.4, -0.2) is 25.3 Å². The van der Waals surface area contributed by atoms with Crippen LogP contribution in [0.1, 0.15) is 25.0 Å². The minimum Gasteiger partial charge on any atom is -0.372 e. The molecule has 0 spiro atoms. The minimum absolute atomic E-state index is 0.170. The average molecular weight is 313 g/mol. The Labute approximate surface area is 137 Å². The molecule has 1 saturated heterocycles. The van der Waals surface area contributed by atoms with Crippen molar-refractivity contribution in [2.75, 3.05) is 18.0 Å². The van der Waals surface area contributed by atoms with E-state index in [1.54, 1.807) is 12.1 Å². The molecular formula is C20H24FNO. The molecule has 0 radical (unpaired) electrons. The van der Waals surface area contributed by atoms with Crippen LogP contribution in [0.3, 0.4) is 0 Å². The molecule has 2 nitrogen and oxygen atoms in total. The summed E-state index contributed by atoms with van der Waals surface area (Å²) in [6.45, 7) is 5.77. The summed E-state index contributed by atoms with van der Waals surface area (Å²) in [5.74, 6) is -0.171. The van der Waals surface area contributed by atoms with Gasteiger partial charge in [0.25, 0.3) is 0 Å². The lowest BCUT2D eigenvalue weighted by Gasteiger charge is -2.38. The lowest BCUT2D eigenvalue weighted by Crippen LogP contribution is -2.45. The molecule has 3 rings (SSSR count). The molecule has 1 heterocycles. The van der Waals surface area contributed by atoms with E-state index in [1.165, 1.54) is 11.1 Å². The van der Waals surface area contributed by atoms with E-state index in [2.05, 4.69) is 43.0 Å². The number of aryl methyl sites for hydroxylation is 2. The second kappa shape index (κ2) is 7.14. The summed E-state index contributed by atoms with van der Waals surface area (Å²) in [4.78, 5) is 2.27. The van der Waals surface area contributed by atoms with Crippen molar-refractivity contribution in [3.8, 4) is 0 Å². The standard InChI is InChI=1S/C20H24FNO/c1-15-13-22(14-16(2)23-15)20-12-19(21)11-10-18(20)9-8-17-6-4-3-5-7-17/h3-7,10-12,15-16H,8-9,13-14H2,1-2H3/t15-,16+. The number of hydrogen-bond donors (Lipinski definition) is 0. The molecule has 0 amide bonds. The van der Waals surface area contributed by atoms with Crippen LogP contribution in [0.2, 0.25) is 0 Å². The molecule has 3 heteroatoms. The molecule has 23 heavy (non-hydrogen) atoms. The third kappa shape index (κ3) is 4.11. The van der Waals surface area contributed by atoms with Gasteiger partial charge in [0.2, 0.25) is 0 Å². The first kappa shape index (κ1) is 16.0. The van der Waals surface area contributed by atoms with Crippen molar-refractivity contribution in [3.05, 3.63) is 65.5 Å².